The zero-order valence-corrected chi connectivity index (χ0v) is 18.2. The Kier molecular flexibility index (Phi) is 5.62. The number of hydrogen-bond acceptors (Lipinski definition) is 8. The second-order valence-electron chi connectivity index (χ2n) is 8.33. The van der Waals surface area contributed by atoms with E-state index in [1.807, 2.05) is 23.6 Å². The molecule has 2 atom stereocenters. The van der Waals surface area contributed by atoms with Gasteiger partial charge in [0.2, 0.25) is 0 Å². The fourth-order valence-corrected chi connectivity index (χ4v) is 4.08. The standard InChI is InChI=1S/C22H27N7O3/c1-14-10-28(7-6-23-14)20-4-3-19(26-27-20)25-22(30)17-12-29-11-15(2)24-21(29)9-18(17)32-16-5-8-31-13-16/h3-4,9,11-12,14,16,23H,5-8,10,13H2,1-2H3,(H,25,26,30)/t14-,16+/m0/s1. The SMILES string of the molecule is Cc1cn2cc(C(=O)Nc3ccc(N4CCN[C@@H](C)C4)nn3)c(O[C@@H]3CCOC3)cc2n1. The van der Waals surface area contributed by atoms with Gasteiger partial charge in [-0.15, -0.1) is 10.2 Å². The average molecular weight is 438 g/mol. The molecule has 0 aromatic carbocycles. The molecule has 3 aromatic heterocycles. The van der Waals surface area contributed by atoms with Crippen LogP contribution < -0.4 is 20.3 Å². The molecule has 5 heterocycles. The van der Waals surface area contributed by atoms with Gasteiger partial charge < -0.3 is 29.4 Å². The lowest BCUT2D eigenvalue weighted by molar-refractivity contribution is 0.101. The van der Waals surface area contributed by atoms with Gasteiger partial charge in [-0.05, 0) is 26.0 Å². The molecule has 1 amide bonds. The summed E-state index contributed by atoms with van der Waals surface area (Å²) in [5.74, 6) is 1.36. The number of fused-ring (bicyclic) bond motifs is 1. The van der Waals surface area contributed by atoms with Gasteiger partial charge in [0.25, 0.3) is 5.91 Å². The molecule has 10 nitrogen and oxygen atoms in total. The van der Waals surface area contributed by atoms with E-state index in [9.17, 15) is 4.79 Å². The zero-order valence-electron chi connectivity index (χ0n) is 18.2. The molecule has 0 saturated carbocycles. The number of nitrogens with zero attached hydrogens (tertiary/aromatic N) is 5. The molecule has 0 spiro atoms. The summed E-state index contributed by atoms with van der Waals surface area (Å²) in [5.41, 5.74) is 1.99. The van der Waals surface area contributed by atoms with Crippen molar-refractivity contribution < 1.29 is 14.3 Å². The Morgan fingerprint density at radius 1 is 1.31 bits per heavy atom. The normalized spacial score (nSPS) is 21.1. The monoisotopic (exact) mass is 437 g/mol. The van der Waals surface area contributed by atoms with Gasteiger partial charge in [0.15, 0.2) is 11.6 Å². The number of rotatable bonds is 5. The maximum Gasteiger partial charge on any atom is 0.262 e. The quantitative estimate of drug-likeness (QED) is 0.621. The summed E-state index contributed by atoms with van der Waals surface area (Å²) < 4.78 is 13.3. The summed E-state index contributed by atoms with van der Waals surface area (Å²) >= 11 is 0. The van der Waals surface area contributed by atoms with Crippen molar-refractivity contribution in [3.05, 3.63) is 41.9 Å². The van der Waals surface area contributed by atoms with E-state index in [-0.39, 0.29) is 12.0 Å². The first kappa shape index (κ1) is 20.7. The molecule has 2 aliphatic heterocycles. The molecule has 0 aliphatic carbocycles. The van der Waals surface area contributed by atoms with Crippen LogP contribution in [0.3, 0.4) is 0 Å². The third kappa shape index (κ3) is 4.37. The van der Waals surface area contributed by atoms with Crippen LogP contribution >= 0.6 is 0 Å². The molecule has 0 bridgehead atoms. The highest BCUT2D eigenvalue weighted by molar-refractivity contribution is 6.05. The van der Waals surface area contributed by atoms with Crippen LogP contribution in [-0.4, -0.2) is 70.5 Å². The van der Waals surface area contributed by atoms with Crippen LogP contribution in [0.5, 0.6) is 5.75 Å². The summed E-state index contributed by atoms with van der Waals surface area (Å²) in [6, 6.07) is 5.85. The number of anilines is 2. The number of carbonyl (C=O) groups is 1. The Morgan fingerprint density at radius 3 is 2.97 bits per heavy atom. The predicted octanol–water partition coefficient (Wildman–Crippen LogP) is 1.65. The molecule has 3 aromatic rings. The van der Waals surface area contributed by atoms with Crippen LogP contribution in [0, 0.1) is 6.92 Å². The molecule has 10 heteroatoms. The van der Waals surface area contributed by atoms with Gasteiger partial charge in [-0.25, -0.2) is 4.98 Å². The van der Waals surface area contributed by atoms with Crippen molar-refractivity contribution in [2.75, 3.05) is 43.1 Å². The molecule has 2 fully saturated rings. The van der Waals surface area contributed by atoms with Crippen molar-refractivity contribution in [2.24, 2.45) is 0 Å². The van der Waals surface area contributed by atoms with Crippen LogP contribution in [0.25, 0.3) is 5.65 Å². The minimum atomic E-state index is -0.315. The molecule has 0 unspecified atom stereocenters. The van der Waals surface area contributed by atoms with Crippen molar-refractivity contribution in [3.63, 3.8) is 0 Å². The lowest BCUT2D eigenvalue weighted by Crippen LogP contribution is -2.49. The van der Waals surface area contributed by atoms with Gasteiger partial charge in [0, 0.05) is 50.6 Å². The fourth-order valence-electron chi connectivity index (χ4n) is 4.08. The number of carbonyl (C=O) groups excluding carboxylic acids is 1. The minimum Gasteiger partial charge on any atom is -0.487 e. The number of aromatic nitrogens is 4. The molecule has 168 valence electrons. The van der Waals surface area contributed by atoms with Gasteiger partial charge in [0.05, 0.1) is 24.5 Å². The summed E-state index contributed by atoms with van der Waals surface area (Å²) in [6.45, 7) is 7.88. The Hall–Kier alpha value is -3.24. The van der Waals surface area contributed by atoms with E-state index < -0.39 is 0 Å². The van der Waals surface area contributed by atoms with Crippen LogP contribution in [0.15, 0.2) is 30.6 Å². The molecule has 32 heavy (non-hydrogen) atoms. The van der Waals surface area contributed by atoms with E-state index in [1.165, 1.54) is 0 Å². The van der Waals surface area contributed by atoms with Crippen LogP contribution in [0.2, 0.25) is 0 Å². The Labute approximate surface area is 185 Å². The lowest BCUT2D eigenvalue weighted by Gasteiger charge is -2.32. The maximum atomic E-state index is 13.1. The highest BCUT2D eigenvalue weighted by atomic mass is 16.5. The number of hydrogen-bond donors (Lipinski definition) is 2. The number of imidazole rings is 1. The second-order valence-corrected chi connectivity index (χ2v) is 8.33. The van der Waals surface area contributed by atoms with Gasteiger partial charge in [-0.3, -0.25) is 4.79 Å². The van der Waals surface area contributed by atoms with Crippen molar-refractivity contribution in [1.29, 1.82) is 0 Å². The van der Waals surface area contributed by atoms with Crippen LogP contribution in [-0.2, 0) is 4.74 Å². The third-order valence-corrected chi connectivity index (χ3v) is 5.69. The Morgan fingerprint density at radius 2 is 2.22 bits per heavy atom. The smallest absolute Gasteiger partial charge is 0.262 e. The van der Waals surface area contributed by atoms with Crippen molar-refractivity contribution in [1.82, 2.24) is 24.9 Å². The molecule has 0 radical (unpaired) electrons. The number of nitrogens with one attached hydrogen (secondary N) is 2. The molecule has 2 saturated heterocycles. The van der Waals surface area contributed by atoms with Crippen LogP contribution in [0.1, 0.15) is 29.4 Å². The Bertz CT molecular complexity index is 1110. The molecule has 5 rings (SSSR count). The molecular formula is C22H27N7O3. The summed E-state index contributed by atoms with van der Waals surface area (Å²) in [7, 11) is 0. The van der Waals surface area contributed by atoms with Crippen LogP contribution in [0.4, 0.5) is 11.6 Å². The van der Waals surface area contributed by atoms with Crippen molar-refractivity contribution in [3.8, 4) is 5.75 Å². The fraction of sp³-hybridized carbons (Fsp3) is 0.455. The lowest BCUT2D eigenvalue weighted by atomic mass is 10.2. The third-order valence-electron chi connectivity index (χ3n) is 5.69. The van der Waals surface area contributed by atoms with Crippen molar-refractivity contribution in [2.45, 2.75) is 32.4 Å². The number of aryl methyl sites for hydroxylation is 1. The first-order valence-electron chi connectivity index (χ1n) is 10.9. The number of amides is 1. The van der Waals surface area contributed by atoms with Gasteiger partial charge in [-0.2, -0.15) is 0 Å². The maximum absolute atomic E-state index is 13.1. The first-order chi connectivity index (χ1) is 15.5. The largest absolute Gasteiger partial charge is 0.487 e. The van der Waals surface area contributed by atoms with Gasteiger partial charge in [0.1, 0.15) is 17.5 Å². The number of piperazine rings is 1. The average Bonchev–Trinajstić information content (AvgIpc) is 3.42. The molecule has 2 aliphatic rings. The highest BCUT2D eigenvalue weighted by Gasteiger charge is 2.23. The van der Waals surface area contributed by atoms with E-state index in [1.54, 1.807) is 18.3 Å². The summed E-state index contributed by atoms with van der Waals surface area (Å²) in [5, 5.41) is 14.8. The Balaban J connectivity index is 1.36. The molecule has 2 N–H and O–H groups in total. The van der Waals surface area contributed by atoms with Gasteiger partial charge in [-0.1, -0.05) is 0 Å². The highest BCUT2D eigenvalue weighted by Crippen LogP contribution is 2.25. The van der Waals surface area contributed by atoms with E-state index in [2.05, 4.69) is 37.6 Å². The number of ether oxygens (including phenoxy) is 2. The predicted molar refractivity (Wildman–Crippen MR) is 119 cm³/mol. The number of pyridine rings is 1. The van der Waals surface area contributed by atoms with Crippen molar-refractivity contribution >= 4 is 23.2 Å². The summed E-state index contributed by atoms with van der Waals surface area (Å²) in [6.07, 6.45) is 4.31. The molecular weight excluding hydrogens is 410 g/mol. The first-order valence-corrected chi connectivity index (χ1v) is 10.9. The summed E-state index contributed by atoms with van der Waals surface area (Å²) in [4.78, 5) is 19.8. The van der Waals surface area contributed by atoms with Gasteiger partial charge >= 0.3 is 0 Å². The topological polar surface area (TPSA) is 106 Å². The van der Waals surface area contributed by atoms with E-state index in [0.717, 1.165) is 43.2 Å². The zero-order chi connectivity index (χ0) is 22.1. The second kappa shape index (κ2) is 8.71. The van der Waals surface area contributed by atoms with E-state index >= 15 is 0 Å². The van der Waals surface area contributed by atoms with E-state index in [4.69, 9.17) is 9.47 Å². The minimum absolute atomic E-state index is 0.0828. The van der Waals surface area contributed by atoms with E-state index in [0.29, 0.717) is 36.4 Å².